The largest absolute Gasteiger partial charge is 0.480 e. The third kappa shape index (κ3) is 4.21. The van der Waals surface area contributed by atoms with Crippen LogP contribution in [0.3, 0.4) is 0 Å². The number of rotatable bonds is 7. The van der Waals surface area contributed by atoms with Gasteiger partial charge in [-0.2, -0.15) is 0 Å². The van der Waals surface area contributed by atoms with Crippen molar-refractivity contribution in [3.05, 3.63) is 20.4 Å². The molecule has 2 aliphatic rings. The van der Waals surface area contributed by atoms with Crippen LogP contribution in [-0.2, 0) is 4.79 Å². The van der Waals surface area contributed by atoms with E-state index in [0.717, 1.165) is 44.9 Å². The maximum atomic E-state index is 11.9. The van der Waals surface area contributed by atoms with Crippen molar-refractivity contribution in [1.29, 1.82) is 0 Å². The number of piperidine rings is 2. The second-order valence-electron chi connectivity index (χ2n) is 7.33. The van der Waals surface area contributed by atoms with Gasteiger partial charge in [0.2, 0.25) is 0 Å². The molecule has 3 rings (SSSR count). The number of carbonyl (C=O) groups is 1. The third-order valence-electron chi connectivity index (χ3n) is 5.67. The van der Waals surface area contributed by atoms with E-state index in [2.05, 4.69) is 10.6 Å². The average molecular weight is 349 g/mol. The van der Waals surface area contributed by atoms with Gasteiger partial charge in [-0.05, 0) is 50.6 Å². The summed E-state index contributed by atoms with van der Waals surface area (Å²) < 4.78 is 0. The Morgan fingerprint density at radius 3 is 2.24 bits per heavy atom. The first kappa shape index (κ1) is 17.9. The Hall–Kier alpha value is -1.89. The van der Waals surface area contributed by atoms with Gasteiger partial charge in [0, 0.05) is 13.1 Å². The van der Waals surface area contributed by atoms with Crippen molar-refractivity contribution in [2.75, 3.05) is 42.9 Å². The van der Waals surface area contributed by atoms with Crippen LogP contribution < -0.4 is 26.4 Å². The van der Waals surface area contributed by atoms with Crippen LogP contribution in [-0.4, -0.2) is 43.8 Å². The van der Waals surface area contributed by atoms with Crippen LogP contribution in [0.5, 0.6) is 0 Å². The molecule has 2 aliphatic heterocycles. The number of hydrogen-bond acceptors (Lipinski definition) is 6. The standard InChI is InChI=1S/C18H27N3O4/c22-14(23)11-20-15-16(18(25)17(15)24)21-9-5-13(6-10-21)2-1-12-3-7-19-8-4-12/h12-13,19-20H,1-11H2,(H,22,23). The Labute approximate surface area is 147 Å². The maximum absolute atomic E-state index is 11.9. The van der Waals surface area contributed by atoms with Crippen LogP contribution in [0.15, 0.2) is 9.59 Å². The monoisotopic (exact) mass is 349 g/mol. The summed E-state index contributed by atoms with van der Waals surface area (Å²) in [4.78, 5) is 36.2. The molecule has 0 aromatic heterocycles. The van der Waals surface area contributed by atoms with E-state index in [-0.39, 0.29) is 12.2 Å². The van der Waals surface area contributed by atoms with Crippen LogP contribution in [0.25, 0.3) is 0 Å². The van der Waals surface area contributed by atoms with Gasteiger partial charge in [0.15, 0.2) is 0 Å². The SMILES string of the molecule is O=C(O)CNc1c(N2CCC(CCC3CCNCC3)CC2)c(=O)c1=O. The zero-order valence-electron chi connectivity index (χ0n) is 14.6. The molecule has 0 amide bonds. The highest BCUT2D eigenvalue weighted by molar-refractivity contribution is 5.80. The van der Waals surface area contributed by atoms with Gasteiger partial charge in [-0.3, -0.25) is 14.4 Å². The van der Waals surface area contributed by atoms with E-state index < -0.39 is 16.8 Å². The van der Waals surface area contributed by atoms with Crippen molar-refractivity contribution in [3.8, 4) is 0 Å². The van der Waals surface area contributed by atoms with Gasteiger partial charge in [0.25, 0.3) is 10.9 Å². The molecule has 25 heavy (non-hydrogen) atoms. The molecule has 0 saturated carbocycles. The van der Waals surface area contributed by atoms with Gasteiger partial charge in [-0.1, -0.05) is 12.8 Å². The van der Waals surface area contributed by atoms with E-state index in [1.54, 1.807) is 0 Å². The Morgan fingerprint density at radius 2 is 1.64 bits per heavy atom. The summed E-state index contributed by atoms with van der Waals surface area (Å²) in [6.45, 7) is 3.47. The predicted molar refractivity (Wildman–Crippen MR) is 97.2 cm³/mol. The van der Waals surface area contributed by atoms with Crippen molar-refractivity contribution in [2.45, 2.75) is 38.5 Å². The van der Waals surface area contributed by atoms with Gasteiger partial charge < -0.3 is 20.6 Å². The molecule has 0 aliphatic carbocycles. The predicted octanol–water partition coefficient (Wildman–Crippen LogP) is 0.775. The number of nitrogens with one attached hydrogen (secondary N) is 2. The zero-order chi connectivity index (χ0) is 17.8. The molecular formula is C18H27N3O4. The fourth-order valence-corrected chi connectivity index (χ4v) is 4.10. The highest BCUT2D eigenvalue weighted by Crippen LogP contribution is 2.30. The summed E-state index contributed by atoms with van der Waals surface area (Å²) in [5, 5.41) is 14.7. The summed E-state index contributed by atoms with van der Waals surface area (Å²) in [5.74, 6) is 0.489. The van der Waals surface area contributed by atoms with Gasteiger partial charge in [0.1, 0.15) is 17.9 Å². The molecule has 2 fully saturated rings. The molecule has 2 saturated heterocycles. The van der Waals surface area contributed by atoms with Crippen LogP contribution in [0.2, 0.25) is 0 Å². The minimum atomic E-state index is -1.05. The number of nitrogens with zero attached hydrogens (tertiary/aromatic N) is 1. The second kappa shape index (κ2) is 7.99. The number of anilines is 2. The summed E-state index contributed by atoms with van der Waals surface area (Å²) in [6.07, 6.45) is 7.15. The molecule has 138 valence electrons. The summed E-state index contributed by atoms with van der Waals surface area (Å²) in [7, 11) is 0. The lowest BCUT2D eigenvalue weighted by atomic mass is 9.85. The van der Waals surface area contributed by atoms with Crippen LogP contribution in [0.4, 0.5) is 11.4 Å². The minimum Gasteiger partial charge on any atom is -0.480 e. The van der Waals surface area contributed by atoms with Crippen molar-refractivity contribution >= 4 is 17.3 Å². The van der Waals surface area contributed by atoms with Crippen molar-refractivity contribution in [3.63, 3.8) is 0 Å². The number of carboxylic acid groups (broad SMARTS) is 1. The summed E-state index contributed by atoms with van der Waals surface area (Å²) >= 11 is 0. The van der Waals surface area contributed by atoms with E-state index in [1.807, 2.05) is 4.90 Å². The first-order valence-corrected chi connectivity index (χ1v) is 9.31. The molecule has 1 aromatic rings. The van der Waals surface area contributed by atoms with Gasteiger partial charge >= 0.3 is 5.97 Å². The first-order valence-electron chi connectivity index (χ1n) is 9.31. The highest BCUT2D eigenvalue weighted by atomic mass is 16.4. The minimum absolute atomic E-state index is 0.181. The number of aliphatic carboxylic acids is 1. The average Bonchev–Trinajstić information content (AvgIpc) is 2.64. The molecule has 0 bridgehead atoms. The Kier molecular flexibility index (Phi) is 5.73. The molecule has 3 N–H and O–H groups in total. The molecule has 0 spiro atoms. The quantitative estimate of drug-likeness (QED) is 0.626. The van der Waals surface area contributed by atoms with Crippen LogP contribution >= 0.6 is 0 Å². The Bertz CT molecular complexity index is 666. The summed E-state index contributed by atoms with van der Waals surface area (Å²) in [5.41, 5.74) is -0.506. The topological polar surface area (TPSA) is 98.7 Å². The lowest BCUT2D eigenvalue weighted by Gasteiger charge is -2.35. The zero-order valence-corrected chi connectivity index (χ0v) is 14.6. The van der Waals surface area contributed by atoms with Gasteiger partial charge in [0.05, 0.1) is 0 Å². The van der Waals surface area contributed by atoms with E-state index in [0.29, 0.717) is 11.6 Å². The van der Waals surface area contributed by atoms with Crippen LogP contribution in [0.1, 0.15) is 38.5 Å². The maximum Gasteiger partial charge on any atom is 0.322 e. The Morgan fingerprint density at radius 1 is 1.04 bits per heavy atom. The van der Waals surface area contributed by atoms with E-state index in [9.17, 15) is 14.4 Å². The lowest BCUT2D eigenvalue weighted by molar-refractivity contribution is -0.134. The molecule has 1 aromatic carbocycles. The van der Waals surface area contributed by atoms with E-state index >= 15 is 0 Å². The van der Waals surface area contributed by atoms with Crippen LogP contribution in [0, 0.1) is 11.8 Å². The molecule has 7 heteroatoms. The lowest BCUT2D eigenvalue weighted by Crippen LogP contribution is -2.46. The smallest absolute Gasteiger partial charge is 0.322 e. The molecule has 0 atom stereocenters. The third-order valence-corrected chi connectivity index (χ3v) is 5.67. The first-order chi connectivity index (χ1) is 12.1. The van der Waals surface area contributed by atoms with Crippen molar-refractivity contribution < 1.29 is 9.90 Å². The molecule has 0 radical (unpaired) electrons. The summed E-state index contributed by atoms with van der Waals surface area (Å²) in [6, 6.07) is 0. The second-order valence-corrected chi connectivity index (χ2v) is 7.33. The van der Waals surface area contributed by atoms with E-state index in [4.69, 9.17) is 5.11 Å². The number of carboxylic acids is 1. The van der Waals surface area contributed by atoms with Crippen molar-refractivity contribution in [2.24, 2.45) is 11.8 Å². The fourth-order valence-electron chi connectivity index (χ4n) is 4.10. The Balaban J connectivity index is 1.49. The highest BCUT2D eigenvalue weighted by Gasteiger charge is 2.29. The van der Waals surface area contributed by atoms with E-state index in [1.165, 1.54) is 25.7 Å². The van der Waals surface area contributed by atoms with Gasteiger partial charge in [-0.25, -0.2) is 0 Å². The van der Waals surface area contributed by atoms with Crippen molar-refractivity contribution in [1.82, 2.24) is 5.32 Å². The molecular weight excluding hydrogens is 322 g/mol. The molecule has 7 nitrogen and oxygen atoms in total. The normalized spacial score (nSPS) is 20.1. The fraction of sp³-hybridized carbons (Fsp3) is 0.722. The van der Waals surface area contributed by atoms with Gasteiger partial charge in [-0.15, -0.1) is 0 Å². The molecule has 2 heterocycles. The molecule has 0 unspecified atom stereocenters. The number of hydrogen-bond donors (Lipinski definition) is 3.